The Hall–Kier alpha value is -1.84. The van der Waals surface area contributed by atoms with Crippen LogP contribution in [0.2, 0.25) is 0 Å². The number of hydrogen-bond donors (Lipinski definition) is 1. The van der Waals surface area contributed by atoms with E-state index in [4.69, 9.17) is 9.47 Å². The fourth-order valence-corrected chi connectivity index (χ4v) is 2.43. The van der Waals surface area contributed by atoms with Gasteiger partial charge in [0.1, 0.15) is 12.4 Å². The minimum atomic E-state index is -0.926. The van der Waals surface area contributed by atoms with Crippen molar-refractivity contribution >= 4 is 0 Å². The van der Waals surface area contributed by atoms with E-state index in [9.17, 15) is 5.11 Å². The van der Waals surface area contributed by atoms with Gasteiger partial charge in [0.25, 0.3) is 0 Å². The molecule has 3 rings (SSSR count). The maximum Gasteiger partial charge on any atom is 0.234 e. The van der Waals surface area contributed by atoms with Crippen LogP contribution >= 0.6 is 0 Å². The van der Waals surface area contributed by atoms with Crippen molar-refractivity contribution in [3.8, 4) is 5.75 Å². The lowest BCUT2D eigenvalue weighted by atomic mass is 10.00. The molecule has 0 saturated heterocycles. The number of benzene rings is 2. The van der Waals surface area contributed by atoms with E-state index in [1.54, 1.807) is 0 Å². The third-order valence-electron chi connectivity index (χ3n) is 3.63. The molecule has 2 aromatic carbocycles. The van der Waals surface area contributed by atoms with E-state index in [0.29, 0.717) is 13.0 Å². The predicted molar refractivity (Wildman–Crippen MR) is 76.4 cm³/mol. The molecule has 0 saturated carbocycles. The molecule has 3 nitrogen and oxygen atoms in total. The molecule has 3 heteroatoms. The normalized spacial score (nSPS) is 21.1. The summed E-state index contributed by atoms with van der Waals surface area (Å²) in [6.07, 6.45) is 1.51. The fraction of sp³-hybridized carbons (Fsp3) is 0.294. The molecule has 104 valence electrons. The van der Waals surface area contributed by atoms with Crippen LogP contribution in [0.5, 0.6) is 5.75 Å². The van der Waals surface area contributed by atoms with E-state index >= 15 is 0 Å². The van der Waals surface area contributed by atoms with Crippen molar-refractivity contribution in [1.29, 1.82) is 0 Å². The first-order chi connectivity index (χ1) is 9.81. The molecule has 20 heavy (non-hydrogen) atoms. The van der Waals surface area contributed by atoms with Crippen molar-refractivity contribution in [3.63, 3.8) is 0 Å². The molecular formula is C17H18O3. The molecule has 1 atom stereocenters. The second-order valence-corrected chi connectivity index (χ2v) is 5.05. The second-order valence-electron chi connectivity index (χ2n) is 5.05. The summed E-state index contributed by atoms with van der Waals surface area (Å²) in [5.41, 5.74) is 2.24. The Balaban J connectivity index is 1.73. The van der Waals surface area contributed by atoms with Crippen molar-refractivity contribution in [3.05, 3.63) is 65.7 Å². The number of hydrogen-bond acceptors (Lipinski definition) is 3. The van der Waals surface area contributed by atoms with Crippen LogP contribution in [-0.2, 0) is 17.8 Å². The number of aryl methyl sites for hydroxylation is 1. The Labute approximate surface area is 118 Å². The number of aliphatic hydroxyl groups excluding tert-OH is 1. The van der Waals surface area contributed by atoms with Gasteiger partial charge in [-0.1, -0.05) is 48.5 Å². The van der Waals surface area contributed by atoms with E-state index in [1.807, 2.05) is 54.6 Å². The summed E-state index contributed by atoms with van der Waals surface area (Å²) >= 11 is 0. The zero-order chi connectivity index (χ0) is 13.8. The highest BCUT2D eigenvalue weighted by atomic mass is 16.7. The number of ether oxygens (including phenoxy) is 2. The number of aliphatic hydroxyl groups is 1. The maximum atomic E-state index is 9.70. The van der Waals surface area contributed by atoms with Crippen molar-refractivity contribution in [2.75, 3.05) is 6.61 Å². The van der Waals surface area contributed by atoms with Gasteiger partial charge >= 0.3 is 0 Å². The molecule has 2 aromatic rings. The lowest BCUT2D eigenvalue weighted by Crippen LogP contribution is -2.45. The Morgan fingerprint density at radius 3 is 2.60 bits per heavy atom. The van der Waals surface area contributed by atoms with E-state index in [0.717, 1.165) is 17.7 Å². The molecule has 0 spiro atoms. The molecule has 1 aliphatic heterocycles. The second kappa shape index (κ2) is 5.65. The van der Waals surface area contributed by atoms with E-state index in [1.165, 1.54) is 5.56 Å². The van der Waals surface area contributed by atoms with Crippen LogP contribution in [0.1, 0.15) is 17.5 Å². The minimum Gasteiger partial charge on any atom is -0.460 e. The third kappa shape index (κ3) is 2.69. The van der Waals surface area contributed by atoms with Crippen molar-refractivity contribution in [2.45, 2.75) is 25.2 Å². The highest BCUT2D eigenvalue weighted by molar-refractivity contribution is 5.35. The van der Waals surface area contributed by atoms with Crippen molar-refractivity contribution < 1.29 is 14.6 Å². The summed E-state index contributed by atoms with van der Waals surface area (Å²) in [5.74, 6) is -0.120. The highest BCUT2D eigenvalue weighted by Crippen LogP contribution is 2.34. The molecule has 0 radical (unpaired) electrons. The quantitative estimate of drug-likeness (QED) is 0.928. The van der Waals surface area contributed by atoms with Crippen LogP contribution in [0.4, 0.5) is 0 Å². The first-order valence-corrected chi connectivity index (χ1v) is 6.87. The minimum absolute atomic E-state index is 0.145. The van der Waals surface area contributed by atoms with E-state index in [-0.39, 0.29) is 6.61 Å². The van der Waals surface area contributed by atoms with Gasteiger partial charge in [-0.2, -0.15) is 0 Å². The summed E-state index contributed by atoms with van der Waals surface area (Å²) < 4.78 is 11.8. The summed E-state index contributed by atoms with van der Waals surface area (Å²) in [5, 5.41) is 9.70. The molecule has 0 fully saturated rings. The van der Waals surface area contributed by atoms with Gasteiger partial charge in [0.2, 0.25) is 5.79 Å². The summed E-state index contributed by atoms with van der Waals surface area (Å²) in [6.45, 7) is 0.289. The van der Waals surface area contributed by atoms with Crippen LogP contribution in [0.15, 0.2) is 54.6 Å². The Morgan fingerprint density at radius 2 is 1.80 bits per heavy atom. The van der Waals surface area contributed by atoms with Crippen LogP contribution in [0.3, 0.4) is 0 Å². The molecule has 1 N–H and O–H groups in total. The van der Waals surface area contributed by atoms with Crippen LogP contribution in [0.25, 0.3) is 0 Å². The summed E-state index contributed by atoms with van der Waals surface area (Å²) in [7, 11) is 0. The monoisotopic (exact) mass is 270 g/mol. The van der Waals surface area contributed by atoms with E-state index in [2.05, 4.69) is 0 Å². The van der Waals surface area contributed by atoms with Gasteiger partial charge < -0.3 is 14.6 Å². The standard InChI is InChI=1S/C17H18O3/c18-13-17(19-12-14-6-2-1-3-7-14)11-10-15-8-4-5-9-16(15)20-17/h1-9,18H,10-13H2. The molecule has 0 aliphatic carbocycles. The molecular weight excluding hydrogens is 252 g/mol. The largest absolute Gasteiger partial charge is 0.460 e. The first kappa shape index (κ1) is 13.2. The molecule has 1 unspecified atom stereocenters. The van der Waals surface area contributed by atoms with Crippen LogP contribution < -0.4 is 4.74 Å². The smallest absolute Gasteiger partial charge is 0.234 e. The summed E-state index contributed by atoms with van der Waals surface area (Å²) in [4.78, 5) is 0. The van der Waals surface area contributed by atoms with Crippen LogP contribution in [-0.4, -0.2) is 17.5 Å². The Kier molecular flexibility index (Phi) is 3.72. The van der Waals surface area contributed by atoms with Gasteiger partial charge in [0.15, 0.2) is 0 Å². The zero-order valence-corrected chi connectivity index (χ0v) is 11.3. The average Bonchev–Trinajstić information content (AvgIpc) is 2.54. The lowest BCUT2D eigenvalue weighted by molar-refractivity contribution is -0.221. The SMILES string of the molecule is OCC1(OCc2ccccc2)CCc2ccccc2O1. The third-order valence-corrected chi connectivity index (χ3v) is 3.63. The number of rotatable bonds is 4. The maximum absolute atomic E-state index is 9.70. The van der Waals surface area contributed by atoms with E-state index < -0.39 is 5.79 Å². The molecule has 0 aromatic heterocycles. The average molecular weight is 270 g/mol. The van der Waals surface area contributed by atoms with Crippen LogP contribution in [0, 0.1) is 0 Å². The topological polar surface area (TPSA) is 38.7 Å². The summed E-state index contributed by atoms with van der Waals surface area (Å²) in [6, 6.07) is 17.8. The number of para-hydroxylation sites is 1. The Morgan fingerprint density at radius 1 is 1.05 bits per heavy atom. The highest BCUT2D eigenvalue weighted by Gasteiger charge is 2.36. The molecule has 1 aliphatic rings. The molecule has 1 heterocycles. The van der Waals surface area contributed by atoms with Gasteiger partial charge in [0.05, 0.1) is 6.61 Å². The predicted octanol–water partition coefficient (Wildman–Crippen LogP) is 2.92. The molecule has 0 amide bonds. The molecule has 0 bridgehead atoms. The van der Waals surface area contributed by atoms with Gasteiger partial charge in [-0.25, -0.2) is 0 Å². The Bertz CT molecular complexity index is 567. The van der Waals surface area contributed by atoms with Crippen molar-refractivity contribution in [1.82, 2.24) is 0 Å². The van der Waals surface area contributed by atoms with Gasteiger partial charge in [-0.15, -0.1) is 0 Å². The lowest BCUT2D eigenvalue weighted by Gasteiger charge is -2.37. The zero-order valence-electron chi connectivity index (χ0n) is 11.3. The van der Waals surface area contributed by atoms with Crippen molar-refractivity contribution in [2.24, 2.45) is 0 Å². The first-order valence-electron chi connectivity index (χ1n) is 6.87. The van der Waals surface area contributed by atoms with Gasteiger partial charge in [-0.3, -0.25) is 0 Å². The van der Waals surface area contributed by atoms with Gasteiger partial charge in [-0.05, 0) is 23.6 Å². The van der Waals surface area contributed by atoms with Gasteiger partial charge in [0, 0.05) is 6.42 Å². The fourth-order valence-electron chi connectivity index (χ4n) is 2.43. The number of fused-ring (bicyclic) bond motifs is 1.